The Morgan fingerprint density at radius 1 is 1.40 bits per heavy atom. The normalized spacial score (nSPS) is 21.9. The van der Waals surface area contributed by atoms with Crippen molar-refractivity contribution >= 4 is 15.9 Å². The van der Waals surface area contributed by atoms with Gasteiger partial charge in [0.15, 0.2) is 0 Å². The number of ether oxygens (including phenoxy) is 1. The molecule has 1 N–H and O–H groups in total. The number of nitrogens with zero attached hydrogens (tertiary/aromatic N) is 1. The zero-order valence-corrected chi connectivity index (χ0v) is 14.0. The molecule has 2 unspecified atom stereocenters. The number of halogens is 1. The van der Waals surface area contributed by atoms with Crippen LogP contribution in [0.25, 0.3) is 0 Å². The Morgan fingerprint density at radius 3 is 2.80 bits per heavy atom. The summed E-state index contributed by atoms with van der Waals surface area (Å²) in [6, 6.07) is 9.63. The minimum atomic E-state index is 0.433. The average molecular weight is 341 g/mol. The van der Waals surface area contributed by atoms with E-state index in [2.05, 4.69) is 64.3 Å². The molecule has 1 aliphatic heterocycles. The molecule has 0 aliphatic carbocycles. The zero-order valence-electron chi connectivity index (χ0n) is 12.4. The highest BCUT2D eigenvalue weighted by Gasteiger charge is 2.20. The molecule has 112 valence electrons. The first-order chi connectivity index (χ1) is 9.70. The highest BCUT2D eigenvalue weighted by atomic mass is 79.9. The molecule has 1 fully saturated rings. The lowest BCUT2D eigenvalue weighted by Gasteiger charge is -2.34. The summed E-state index contributed by atoms with van der Waals surface area (Å²) in [6.07, 6.45) is 1.14. The molecule has 1 aliphatic rings. The zero-order chi connectivity index (χ0) is 14.4. The minimum Gasteiger partial charge on any atom is -0.379 e. The van der Waals surface area contributed by atoms with E-state index < -0.39 is 0 Å². The maximum Gasteiger partial charge on any atom is 0.0619 e. The molecule has 0 radical (unpaired) electrons. The van der Waals surface area contributed by atoms with Gasteiger partial charge in [0.2, 0.25) is 0 Å². The lowest BCUT2D eigenvalue weighted by molar-refractivity contribution is -0.00180. The van der Waals surface area contributed by atoms with Crippen LogP contribution in [0.5, 0.6) is 0 Å². The van der Waals surface area contributed by atoms with Crippen molar-refractivity contribution in [2.24, 2.45) is 0 Å². The Bertz CT molecular complexity index is 396. The molecule has 1 aromatic rings. The molecule has 0 spiro atoms. The van der Waals surface area contributed by atoms with Gasteiger partial charge in [0, 0.05) is 29.6 Å². The van der Waals surface area contributed by atoms with E-state index in [-0.39, 0.29) is 0 Å². The first-order valence-corrected chi connectivity index (χ1v) is 8.30. The largest absolute Gasteiger partial charge is 0.379 e. The number of benzene rings is 1. The Balaban J connectivity index is 1.93. The van der Waals surface area contributed by atoms with Gasteiger partial charge in [-0.1, -0.05) is 35.0 Å². The van der Waals surface area contributed by atoms with E-state index in [1.165, 1.54) is 5.56 Å². The van der Waals surface area contributed by atoms with Crippen molar-refractivity contribution in [3.05, 3.63) is 34.3 Å². The summed E-state index contributed by atoms with van der Waals surface area (Å²) in [4.78, 5) is 2.53. The van der Waals surface area contributed by atoms with E-state index in [1.807, 2.05) is 0 Å². The van der Waals surface area contributed by atoms with Crippen LogP contribution in [0.3, 0.4) is 0 Å². The Kier molecular flexibility index (Phi) is 6.49. The molecule has 1 heterocycles. The van der Waals surface area contributed by atoms with E-state index in [4.69, 9.17) is 4.74 Å². The van der Waals surface area contributed by atoms with Crippen LogP contribution in [-0.4, -0.2) is 43.8 Å². The summed E-state index contributed by atoms with van der Waals surface area (Å²) in [5.41, 5.74) is 1.37. The monoisotopic (exact) mass is 340 g/mol. The molecule has 1 saturated heterocycles. The maximum atomic E-state index is 5.50. The topological polar surface area (TPSA) is 24.5 Å². The molecular formula is C16H25BrN2O. The van der Waals surface area contributed by atoms with Crippen LogP contribution in [0, 0.1) is 0 Å². The van der Waals surface area contributed by atoms with Crippen LogP contribution in [0.15, 0.2) is 28.7 Å². The summed E-state index contributed by atoms with van der Waals surface area (Å²) < 4.78 is 6.64. The fraction of sp³-hybridized carbons (Fsp3) is 0.625. The summed E-state index contributed by atoms with van der Waals surface area (Å²) in [6.45, 7) is 9.33. The lowest BCUT2D eigenvalue weighted by Crippen LogP contribution is -2.44. The Hall–Kier alpha value is -0.420. The number of hydrogen-bond donors (Lipinski definition) is 1. The van der Waals surface area contributed by atoms with E-state index >= 15 is 0 Å². The van der Waals surface area contributed by atoms with Gasteiger partial charge < -0.3 is 10.1 Å². The smallest absolute Gasteiger partial charge is 0.0619 e. The average Bonchev–Trinajstić information content (AvgIpc) is 2.46. The molecule has 1 aromatic carbocycles. The SMILES string of the molecule is CCNC(CCN1CCOCC1C)c1ccc(Br)cc1. The molecule has 0 aromatic heterocycles. The van der Waals surface area contributed by atoms with Crippen LogP contribution in [0.4, 0.5) is 0 Å². The number of rotatable bonds is 6. The lowest BCUT2D eigenvalue weighted by atomic mass is 10.0. The second kappa shape index (κ2) is 8.13. The van der Waals surface area contributed by atoms with Crippen LogP contribution in [0.2, 0.25) is 0 Å². The van der Waals surface area contributed by atoms with E-state index in [0.717, 1.165) is 43.7 Å². The maximum absolute atomic E-state index is 5.50. The predicted molar refractivity (Wildman–Crippen MR) is 87.0 cm³/mol. The molecule has 0 amide bonds. The van der Waals surface area contributed by atoms with Crippen molar-refractivity contribution in [1.82, 2.24) is 10.2 Å². The fourth-order valence-corrected chi connectivity index (χ4v) is 2.98. The third kappa shape index (κ3) is 4.55. The van der Waals surface area contributed by atoms with Gasteiger partial charge in [0.1, 0.15) is 0 Å². The summed E-state index contributed by atoms with van der Waals surface area (Å²) in [5.74, 6) is 0. The van der Waals surface area contributed by atoms with Gasteiger partial charge in [0.25, 0.3) is 0 Å². The van der Waals surface area contributed by atoms with Crippen molar-refractivity contribution in [2.75, 3.05) is 32.8 Å². The van der Waals surface area contributed by atoms with Crippen molar-refractivity contribution < 1.29 is 4.74 Å². The van der Waals surface area contributed by atoms with E-state index in [0.29, 0.717) is 12.1 Å². The standard InChI is InChI=1S/C16H25BrN2O/c1-3-18-16(14-4-6-15(17)7-5-14)8-9-19-10-11-20-12-13(19)2/h4-7,13,16,18H,3,8-12H2,1-2H3. The summed E-state index contributed by atoms with van der Waals surface area (Å²) in [7, 11) is 0. The van der Waals surface area contributed by atoms with Gasteiger partial charge in [-0.3, -0.25) is 4.90 Å². The van der Waals surface area contributed by atoms with Crippen molar-refractivity contribution in [3.63, 3.8) is 0 Å². The van der Waals surface area contributed by atoms with Gasteiger partial charge in [0.05, 0.1) is 13.2 Å². The van der Waals surface area contributed by atoms with Crippen LogP contribution in [-0.2, 0) is 4.74 Å². The van der Waals surface area contributed by atoms with Crippen molar-refractivity contribution in [3.8, 4) is 0 Å². The molecule has 0 bridgehead atoms. The van der Waals surface area contributed by atoms with Crippen LogP contribution < -0.4 is 5.32 Å². The molecule has 0 saturated carbocycles. The predicted octanol–water partition coefficient (Wildman–Crippen LogP) is 3.21. The van der Waals surface area contributed by atoms with Gasteiger partial charge in [-0.2, -0.15) is 0 Å². The molecular weight excluding hydrogens is 316 g/mol. The molecule has 2 rings (SSSR count). The second-order valence-electron chi connectivity index (χ2n) is 5.41. The summed E-state index contributed by atoms with van der Waals surface area (Å²) in [5, 5.41) is 3.60. The van der Waals surface area contributed by atoms with Gasteiger partial charge >= 0.3 is 0 Å². The highest BCUT2D eigenvalue weighted by Crippen LogP contribution is 2.21. The number of nitrogens with one attached hydrogen (secondary N) is 1. The molecule has 3 nitrogen and oxygen atoms in total. The quantitative estimate of drug-likeness (QED) is 0.860. The van der Waals surface area contributed by atoms with Gasteiger partial charge in [-0.15, -0.1) is 0 Å². The van der Waals surface area contributed by atoms with Gasteiger partial charge in [-0.05, 0) is 37.6 Å². The number of hydrogen-bond acceptors (Lipinski definition) is 3. The van der Waals surface area contributed by atoms with Crippen LogP contribution in [0.1, 0.15) is 31.9 Å². The fourth-order valence-electron chi connectivity index (χ4n) is 2.72. The van der Waals surface area contributed by atoms with Crippen molar-refractivity contribution in [2.45, 2.75) is 32.4 Å². The highest BCUT2D eigenvalue weighted by molar-refractivity contribution is 9.10. The molecule has 4 heteroatoms. The van der Waals surface area contributed by atoms with E-state index in [1.54, 1.807) is 0 Å². The Labute approximate surface area is 130 Å². The molecule has 20 heavy (non-hydrogen) atoms. The van der Waals surface area contributed by atoms with Crippen molar-refractivity contribution in [1.29, 1.82) is 0 Å². The second-order valence-corrected chi connectivity index (χ2v) is 6.33. The van der Waals surface area contributed by atoms with E-state index in [9.17, 15) is 0 Å². The Morgan fingerprint density at radius 2 is 2.15 bits per heavy atom. The van der Waals surface area contributed by atoms with Gasteiger partial charge in [-0.25, -0.2) is 0 Å². The summed E-state index contributed by atoms with van der Waals surface area (Å²) >= 11 is 3.50. The molecule has 2 atom stereocenters. The third-order valence-electron chi connectivity index (χ3n) is 3.93. The first kappa shape index (κ1) is 16.0. The first-order valence-electron chi connectivity index (χ1n) is 7.51. The number of morpholine rings is 1. The van der Waals surface area contributed by atoms with Crippen LogP contribution >= 0.6 is 15.9 Å². The minimum absolute atomic E-state index is 0.433. The third-order valence-corrected chi connectivity index (χ3v) is 4.46.